The average Bonchev–Trinajstić information content (AvgIpc) is 2.00. The lowest BCUT2D eigenvalue weighted by molar-refractivity contribution is 0.321. The van der Waals surface area contributed by atoms with Gasteiger partial charge >= 0.3 is 0 Å². The molecule has 0 heterocycles. The molecule has 0 unspecified atom stereocenters. The predicted molar refractivity (Wildman–Crippen MR) is 60.8 cm³/mol. The van der Waals surface area contributed by atoms with Crippen LogP contribution in [0.15, 0.2) is 0 Å². The van der Waals surface area contributed by atoms with Crippen molar-refractivity contribution in [3.8, 4) is 0 Å². The van der Waals surface area contributed by atoms with Crippen molar-refractivity contribution in [2.45, 2.75) is 46.5 Å². The highest BCUT2D eigenvalue weighted by Crippen LogP contribution is 2.22. The smallest absolute Gasteiger partial charge is 0.208 e. The van der Waals surface area contributed by atoms with Gasteiger partial charge in [-0.05, 0) is 11.8 Å². The number of hydrogen-bond acceptors (Lipinski definition) is 2. The molecular weight excluding hydrogens is 198 g/mol. The highest BCUT2D eigenvalue weighted by Gasteiger charge is 2.18. The third-order valence-electron chi connectivity index (χ3n) is 2.27. The lowest BCUT2D eigenvalue weighted by Crippen LogP contribution is -2.33. The minimum atomic E-state index is -3.04. The summed E-state index contributed by atoms with van der Waals surface area (Å²) < 4.78 is 24.4. The first-order chi connectivity index (χ1) is 6.27. The van der Waals surface area contributed by atoms with Gasteiger partial charge in [0.15, 0.2) is 0 Å². The van der Waals surface area contributed by atoms with Gasteiger partial charge in [0.2, 0.25) is 10.0 Å². The van der Waals surface area contributed by atoms with Crippen molar-refractivity contribution in [3.63, 3.8) is 0 Å². The van der Waals surface area contributed by atoms with Gasteiger partial charge in [0.1, 0.15) is 0 Å². The van der Waals surface area contributed by atoms with Crippen LogP contribution in [0.3, 0.4) is 0 Å². The van der Waals surface area contributed by atoms with E-state index in [2.05, 4.69) is 25.5 Å². The van der Waals surface area contributed by atoms with Crippen LogP contribution in [0.5, 0.6) is 0 Å². The van der Waals surface area contributed by atoms with E-state index in [1.165, 1.54) is 25.5 Å². The van der Waals surface area contributed by atoms with E-state index < -0.39 is 10.0 Å². The van der Waals surface area contributed by atoms with Gasteiger partial charge in [-0.25, -0.2) is 13.1 Å². The molecule has 86 valence electrons. The predicted octanol–water partition coefficient (Wildman–Crippen LogP) is 2.14. The molecule has 0 aromatic heterocycles. The number of rotatable bonds is 7. The van der Waals surface area contributed by atoms with Gasteiger partial charge < -0.3 is 0 Å². The highest BCUT2D eigenvalue weighted by molar-refractivity contribution is 7.88. The summed E-state index contributed by atoms with van der Waals surface area (Å²) in [7, 11) is -3.04. The molecule has 0 aliphatic carbocycles. The maximum atomic E-state index is 10.9. The largest absolute Gasteiger partial charge is 0.215 e. The van der Waals surface area contributed by atoms with Crippen LogP contribution in [-0.4, -0.2) is 21.2 Å². The number of sulfonamides is 1. The Morgan fingerprint density at radius 2 is 1.79 bits per heavy atom. The Kier molecular flexibility index (Phi) is 5.67. The Labute approximate surface area is 88.3 Å². The molecule has 0 amide bonds. The molecule has 0 aromatic carbocycles. The summed E-state index contributed by atoms with van der Waals surface area (Å²) in [6.07, 6.45) is 5.88. The van der Waals surface area contributed by atoms with Gasteiger partial charge in [-0.2, -0.15) is 0 Å². The molecule has 0 saturated carbocycles. The molecule has 0 aliphatic rings. The summed E-state index contributed by atoms with van der Waals surface area (Å²) in [4.78, 5) is 0. The van der Waals surface area contributed by atoms with Gasteiger partial charge in [-0.1, -0.05) is 40.0 Å². The van der Waals surface area contributed by atoms with Crippen LogP contribution in [0, 0.1) is 5.41 Å². The molecule has 0 rings (SSSR count). The zero-order chi connectivity index (χ0) is 11.2. The van der Waals surface area contributed by atoms with Crippen molar-refractivity contribution in [2.75, 3.05) is 12.8 Å². The Hall–Kier alpha value is -0.0900. The van der Waals surface area contributed by atoms with E-state index in [1.54, 1.807) is 0 Å². The Bertz CT molecular complexity index is 245. The number of nitrogens with one attached hydrogen (secondary N) is 1. The van der Waals surface area contributed by atoms with E-state index >= 15 is 0 Å². The van der Waals surface area contributed by atoms with Crippen LogP contribution in [0.4, 0.5) is 0 Å². The van der Waals surface area contributed by atoms with Crippen LogP contribution in [0.25, 0.3) is 0 Å². The summed E-state index contributed by atoms with van der Waals surface area (Å²) in [5.74, 6) is 0. The minimum Gasteiger partial charge on any atom is -0.215 e. The second kappa shape index (κ2) is 5.71. The third kappa shape index (κ3) is 8.51. The molecule has 0 fully saturated rings. The van der Waals surface area contributed by atoms with Crippen LogP contribution in [0.1, 0.15) is 46.5 Å². The summed E-state index contributed by atoms with van der Waals surface area (Å²) in [6, 6.07) is 0. The molecule has 0 radical (unpaired) electrons. The van der Waals surface area contributed by atoms with E-state index in [9.17, 15) is 8.42 Å². The normalized spacial score (nSPS) is 13.1. The van der Waals surface area contributed by atoms with E-state index in [4.69, 9.17) is 0 Å². The molecular formula is C10H23NO2S. The minimum absolute atomic E-state index is 0.0677. The quantitative estimate of drug-likeness (QED) is 0.669. The van der Waals surface area contributed by atoms with Gasteiger partial charge in [0, 0.05) is 6.54 Å². The first-order valence-corrected chi connectivity index (χ1v) is 7.10. The Morgan fingerprint density at radius 3 is 2.21 bits per heavy atom. The van der Waals surface area contributed by atoms with Crippen molar-refractivity contribution < 1.29 is 8.42 Å². The summed E-state index contributed by atoms with van der Waals surface area (Å²) in [6.45, 7) is 6.90. The van der Waals surface area contributed by atoms with Gasteiger partial charge in [-0.15, -0.1) is 0 Å². The molecule has 0 saturated heterocycles. The first kappa shape index (κ1) is 13.9. The molecule has 0 bridgehead atoms. The second-order valence-electron chi connectivity index (χ2n) is 4.71. The molecule has 4 heteroatoms. The van der Waals surface area contributed by atoms with Crippen LogP contribution in [0.2, 0.25) is 0 Å². The van der Waals surface area contributed by atoms with Gasteiger partial charge in [0.25, 0.3) is 0 Å². The summed E-state index contributed by atoms with van der Waals surface area (Å²) in [5.41, 5.74) is 0.0677. The number of unbranched alkanes of at least 4 members (excludes halogenated alkanes) is 2. The van der Waals surface area contributed by atoms with E-state index in [0.717, 1.165) is 6.42 Å². The second-order valence-corrected chi connectivity index (χ2v) is 6.55. The SMILES string of the molecule is CCCCCC(C)(C)CNS(C)(=O)=O. The first-order valence-electron chi connectivity index (χ1n) is 5.21. The topological polar surface area (TPSA) is 46.2 Å². The van der Waals surface area contributed by atoms with Crippen molar-refractivity contribution in [2.24, 2.45) is 5.41 Å². The van der Waals surface area contributed by atoms with E-state index in [-0.39, 0.29) is 5.41 Å². The number of hydrogen-bond donors (Lipinski definition) is 1. The fourth-order valence-electron chi connectivity index (χ4n) is 1.27. The highest BCUT2D eigenvalue weighted by atomic mass is 32.2. The third-order valence-corrected chi connectivity index (χ3v) is 2.94. The summed E-state index contributed by atoms with van der Waals surface area (Å²) >= 11 is 0. The molecule has 0 spiro atoms. The van der Waals surface area contributed by atoms with Crippen molar-refractivity contribution >= 4 is 10.0 Å². The standard InChI is InChI=1S/C10H23NO2S/c1-5-6-7-8-10(2,3)9-11-14(4,12)13/h11H,5-9H2,1-4H3. The van der Waals surface area contributed by atoms with E-state index in [1.807, 2.05) is 0 Å². The fraction of sp³-hybridized carbons (Fsp3) is 1.00. The maximum absolute atomic E-state index is 10.9. The molecule has 0 aromatic rings. The molecule has 1 N–H and O–H groups in total. The van der Waals surface area contributed by atoms with Crippen LogP contribution < -0.4 is 4.72 Å². The Morgan fingerprint density at radius 1 is 1.21 bits per heavy atom. The van der Waals surface area contributed by atoms with E-state index in [0.29, 0.717) is 6.54 Å². The molecule has 0 aliphatic heterocycles. The maximum Gasteiger partial charge on any atom is 0.208 e. The molecule has 14 heavy (non-hydrogen) atoms. The van der Waals surface area contributed by atoms with Crippen molar-refractivity contribution in [1.29, 1.82) is 0 Å². The van der Waals surface area contributed by atoms with Crippen molar-refractivity contribution in [1.82, 2.24) is 4.72 Å². The lowest BCUT2D eigenvalue weighted by Gasteiger charge is -2.24. The zero-order valence-corrected chi connectivity index (χ0v) is 10.6. The molecule has 3 nitrogen and oxygen atoms in total. The molecule has 0 atom stereocenters. The van der Waals surface area contributed by atoms with Crippen LogP contribution in [-0.2, 0) is 10.0 Å². The summed E-state index contributed by atoms with van der Waals surface area (Å²) in [5, 5.41) is 0. The van der Waals surface area contributed by atoms with Crippen molar-refractivity contribution in [3.05, 3.63) is 0 Å². The lowest BCUT2D eigenvalue weighted by atomic mass is 9.87. The zero-order valence-electron chi connectivity index (χ0n) is 9.76. The fourth-order valence-corrected chi connectivity index (χ4v) is 1.92. The van der Waals surface area contributed by atoms with Crippen LogP contribution >= 0.6 is 0 Å². The van der Waals surface area contributed by atoms with Gasteiger partial charge in [-0.3, -0.25) is 0 Å². The Balaban J connectivity index is 3.83. The average molecular weight is 221 g/mol. The monoisotopic (exact) mass is 221 g/mol. The van der Waals surface area contributed by atoms with Gasteiger partial charge in [0.05, 0.1) is 6.26 Å².